The number of amides is 1. The van der Waals surface area contributed by atoms with Gasteiger partial charge in [0.1, 0.15) is 0 Å². The maximum absolute atomic E-state index is 12.2. The number of likely N-dealkylation sites (tertiary alicyclic amines) is 1. The molecule has 6 nitrogen and oxygen atoms in total. The Labute approximate surface area is 127 Å². The molecule has 1 amide bonds. The van der Waals surface area contributed by atoms with E-state index in [4.69, 9.17) is 14.6 Å². The zero-order valence-electron chi connectivity index (χ0n) is 13.2. The normalized spacial score (nSPS) is 24.2. The topological polar surface area (TPSA) is 70.1 Å². The maximum atomic E-state index is 12.2. The van der Waals surface area contributed by atoms with E-state index in [0.29, 0.717) is 19.1 Å². The number of methoxy groups -OCH3 is 1. The minimum absolute atomic E-state index is 0.250. The van der Waals surface area contributed by atoms with Crippen molar-refractivity contribution < 1.29 is 19.4 Å². The minimum Gasteiger partial charge on any atom is -0.483 e. The average molecular weight is 300 g/mol. The van der Waals surface area contributed by atoms with E-state index < -0.39 is 0 Å². The van der Waals surface area contributed by atoms with Gasteiger partial charge in [0, 0.05) is 26.7 Å². The molecule has 0 radical (unpaired) electrons. The van der Waals surface area contributed by atoms with Gasteiger partial charge in [-0.3, -0.25) is 14.5 Å². The third-order valence-electron chi connectivity index (χ3n) is 4.28. The van der Waals surface area contributed by atoms with Gasteiger partial charge >= 0.3 is 0 Å². The Kier molecular flexibility index (Phi) is 8.30. The molecule has 1 saturated heterocycles. The van der Waals surface area contributed by atoms with Crippen LogP contribution in [0.25, 0.3) is 0 Å². The molecule has 2 fully saturated rings. The van der Waals surface area contributed by atoms with E-state index in [2.05, 4.69) is 9.80 Å². The van der Waals surface area contributed by atoms with Crippen LogP contribution in [0, 0.1) is 11.8 Å². The fourth-order valence-electron chi connectivity index (χ4n) is 3.29. The lowest BCUT2D eigenvalue weighted by Crippen LogP contribution is -2.48. The number of likely N-dealkylation sites (N-methyl/N-ethyl adjacent to an activating group) is 1. The van der Waals surface area contributed by atoms with Crippen LogP contribution in [-0.2, 0) is 14.3 Å². The van der Waals surface area contributed by atoms with Crippen molar-refractivity contribution in [2.45, 2.75) is 25.7 Å². The summed E-state index contributed by atoms with van der Waals surface area (Å²) in [7, 11) is 3.68. The van der Waals surface area contributed by atoms with Gasteiger partial charge in [-0.25, -0.2) is 0 Å². The molecule has 2 atom stereocenters. The zero-order chi connectivity index (χ0) is 15.7. The predicted octanol–water partition coefficient (Wildman–Crippen LogP) is 0.914. The van der Waals surface area contributed by atoms with E-state index in [1.54, 1.807) is 7.11 Å². The van der Waals surface area contributed by atoms with Crippen LogP contribution in [0.2, 0.25) is 0 Å². The highest BCUT2D eigenvalue weighted by Crippen LogP contribution is 2.34. The SMILES string of the molecule is COCCN(C)CC(=O)N1CC2CCCC(C2)C1.O=CO. The number of carbonyl (C=O) groups is 2. The van der Waals surface area contributed by atoms with Crippen molar-refractivity contribution >= 4 is 12.4 Å². The molecule has 6 heteroatoms. The fourth-order valence-corrected chi connectivity index (χ4v) is 3.29. The van der Waals surface area contributed by atoms with E-state index in [1.807, 2.05) is 7.05 Å². The lowest BCUT2D eigenvalue weighted by Gasteiger charge is -2.41. The average Bonchev–Trinajstić information content (AvgIpc) is 2.45. The molecule has 21 heavy (non-hydrogen) atoms. The van der Waals surface area contributed by atoms with Crippen LogP contribution in [0.3, 0.4) is 0 Å². The highest BCUT2D eigenvalue weighted by Gasteiger charge is 2.32. The van der Waals surface area contributed by atoms with Crippen LogP contribution < -0.4 is 0 Å². The Hall–Kier alpha value is -1.14. The summed E-state index contributed by atoms with van der Waals surface area (Å²) in [6.07, 6.45) is 5.36. The Morgan fingerprint density at radius 2 is 1.95 bits per heavy atom. The number of hydrogen-bond acceptors (Lipinski definition) is 4. The molecule has 1 aliphatic heterocycles. The largest absolute Gasteiger partial charge is 0.483 e. The monoisotopic (exact) mass is 300 g/mol. The first-order chi connectivity index (χ1) is 10.1. The van der Waals surface area contributed by atoms with Crippen LogP contribution >= 0.6 is 0 Å². The van der Waals surface area contributed by atoms with E-state index in [9.17, 15) is 4.79 Å². The molecule has 2 bridgehead atoms. The smallest absolute Gasteiger partial charge is 0.290 e. The van der Waals surface area contributed by atoms with Crippen molar-refractivity contribution in [3.8, 4) is 0 Å². The molecule has 1 heterocycles. The molecule has 2 rings (SSSR count). The van der Waals surface area contributed by atoms with Crippen molar-refractivity contribution in [1.29, 1.82) is 0 Å². The molecule has 1 N–H and O–H groups in total. The van der Waals surface area contributed by atoms with Gasteiger partial charge in [-0.2, -0.15) is 0 Å². The summed E-state index contributed by atoms with van der Waals surface area (Å²) in [6.45, 7) is 3.78. The summed E-state index contributed by atoms with van der Waals surface area (Å²) in [5.74, 6) is 1.83. The molecule has 0 aromatic carbocycles. The summed E-state index contributed by atoms with van der Waals surface area (Å²) in [5, 5.41) is 6.89. The number of rotatable bonds is 5. The Morgan fingerprint density at radius 1 is 1.38 bits per heavy atom. The van der Waals surface area contributed by atoms with Crippen LogP contribution in [0.5, 0.6) is 0 Å². The maximum Gasteiger partial charge on any atom is 0.290 e. The molecular formula is C15H28N2O4. The summed E-state index contributed by atoms with van der Waals surface area (Å²) in [4.78, 5) is 24.8. The molecule has 0 aromatic heterocycles. The first-order valence-electron chi connectivity index (χ1n) is 7.63. The second-order valence-corrected chi connectivity index (χ2v) is 6.03. The van der Waals surface area contributed by atoms with Gasteiger partial charge in [-0.05, 0) is 38.1 Å². The van der Waals surface area contributed by atoms with Crippen molar-refractivity contribution in [2.75, 3.05) is 46.9 Å². The predicted molar refractivity (Wildman–Crippen MR) is 80.1 cm³/mol. The van der Waals surface area contributed by atoms with Gasteiger partial charge in [-0.1, -0.05) is 6.42 Å². The third-order valence-corrected chi connectivity index (χ3v) is 4.28. The molecule has 2 unspecified atom stereocenters. The number of carbonyl (C=O) groups excluding carboxylic acids is 1. The molecule has 122 valence electrons. The summed E-state index contributed by atoms with van der Waals surface area (Å²) >= 11 is 0. The van der Waals surface area contributed by atoms with Gasteiger partial charge in [0.15, 0.2) is 0 Å². The highest BCUT2D eigenvalue weighted by atomic mass is 16.5. The number of piperidine rings is 1. The van der Waals surface area contributed by atoms with E-state index in [-0.39, 0.29) is 6.47 Å². The second-order valence-electron chi connectivity index (χ2n) is 6.03. The molecule has 1 saturated carbocycles. The molecule has 2 aliphatic rings. The number of carboxylic acid groups (broad SMARTS) is 1. The lowest BCUT2D eigenvalue weighted by atomic mass is 9.78. The van der Waals surface area contributed by atoms with Gasteiger partial charge < -0.3 is 14.7 Å². The van der Waals surface area contributed by atoms with Crippen molar-refractivity contribution in [2.24, 2.45) is 11.8 Å². The minimum atomic E-state index is -0.250. The van der Waals surface area contributed by atoms with E-state index >= 15 is 0 Å². The fraction of sp³-hybridized carbons (Fsp3) is 0.867. The number of nitrogens with zero attached hydrogens (tertiary/aromatic N) is 2. The second kappa shape index (κ2) is 9.73. The molecule has 0 aromatic rings. The number of fused-ring (bicyclic) bond motifs is 2. The number of hydrogen-bond donors (Lipinski definition) is 1. The Balaban J connectivity index is 0.000000677. The molecular weight excluding hydrogens is 272 g/mol. The highest BCUT2D eigenvalue weighted by molar-refractivity contribution is 5.78. The molecule has 1 aliphatic carbocycles. The van der Waals surface area contributed by atoms with E-state index in [1.165, 1.54) is 25.7 Å². The first-order valence-corrected chi connectivity index (χ1v) is 7.63. The van der Waals surface area contributed by atoms with E-state index in [0.717, 1.165) is 31.5 Å². The summed E-state index contributed by atoms with van der Waals surface area (Å²) in [6, 6.07) is 0. The summed E-state index contributed by atoms with van der Waals surface area (Å²) < 4.78 is 5.03. The van der Waals surface area contributed by atoms with Gasteiger partial charge in [0.2, 0.25) is 5.91 Å². The third kappa shape index (κ3) is 6.44. The quantitative estimate of drug-likeness (QED) is 0.764. The number of ether oxygens (including phenoxy) is 1. The van der Waals surface area contributed by atoms with Crippen LogP contribution in [0.1, 0.15) is 25.7 Å². The van der Waals surface area contributed by atoms with Gasteiger partial charge in [0.25, 0.3) is 6.47 Å². The molecule has 0 spiro atoms. The van der Waals surface area contributed by atoms with Crippen LogP contribution in [0.15, 0.2) is 0 Å². The van der Waals surface area contributed by atoms with Crippen molar-refractivity contribution in [3.63, 3.8) is 0 Å². The standard InChI is InChI=1S/C14H26N2O2.CH2O2/c1-15(6-7-18-2)11-14(17)16-9-12-4-3-5-13(8-12)10-16;2-1-3/h12-13H,3-11H2,1-2H3;1H,(H,2,3). The first kappa shape index (κ1) is 17.9. The van der Waals surface area contributed by atoms with Crippen molar-refractivity contribution in [3.05, 3.63) is 0 Å². The van der Waals surface area contributed by atoms with Crippen molar-refractivity contribution in [1.82, 2.24) is 9.80 Å². The Bertz CT molecular complexity index is 313. The van der Waals surface area contributed by atoms with Crippen LogP contribution in [0.4, 0.5) is 0 Å². The lowest BCUT2D eigenvalue weighted by molar-refractivity contribution is -0.136. The van der Waals surface area contributed by atoms with Gasteiger partial charge in [-0.15, -0.1) is 0 Å². The Morgan fingerprint density at radius 3 is 2.48 bits per heavy atom. The zero-order valence-corrected chi connectivity index (χ0v) is 13.2. The van der Waals surface area contributed by atoms with Crippen LogP contribution in [-0.4, -0.2) is 74.2 Å². The summed E-state index contributed by atoms with van der Waals surface area (Å²) in [5.41, 5.74) is 0. The van der Waals surface area contributed by atoms with Gasteiger partial charge in [0.05, 0.1) is 13.2 Å².